The molecule has 1 aliphatic rings. The number of thiol groups is 1. The molecule has 1 unspecified atom stereocenters. The van der Waals surface area contributed by atoms with Crippen molar-refractivity contribution in [3.05, 3.63) is 23.9 Å². The zero-order valence-electron chi connectivity index (χ0n) is 6.90. The maximum absolute atomic E-state index is 10.9. The van der Waals surface area contributed by atoms with Crippen molar-refractivity contribution in [3.63, 3.8) is 0 Å². The maximum Gasteiger partial charge on any atom is 0.247 e. The molecule has 0 spiro atoms. The minimum Gasteiger partial charge on any atom is -0.366 e. The molecule has 0 fully saturated rings. The molecule has 4 heteroatoms. The normalized spacial score (nSPS) is 22.3. The van der Waals surface area contributed by atoms with Crippen LogP contribution in [0.4, 0.5) is 0 Å². The molecule has 66 valence electrons. The Labute approximate surface area is 77.3 Å². The van der Waals surface area contributed by atoms with E-state index < -0.39 is 5.91 Å². The summed E-state index contributed by atoms with van der Waals surface area (Å²) in [6.07, 6.45) is 5.40. The lowest BCUT2D eigenvalue weighted by molar-refractivity contribution is -0.114. The first kappa shape index (κ1) is 9.19. The van der Waals surface area contributed by atoms with Gasteiger partial charge in [-0.1, -0.05) is 0 Å². The summed E-state index contributed by atoms with van der Waals surface area (Å²) in [6, 6.07) is 0. The Hall–Kier alpha value is -0.900. The van der Waals surface area contributed by atoms with E-state index in [9.17, 15) is 4.79 Å². The van der Waals surface area contributed by atoms with Crippen LogP contribution in [0.2, 0.25) is 0 Å². The van der Waals surface area contributed by atoms with E-state index in [0.29, 0.717) is 5.57 Å². The first-order chi connectivity index (χ1) is 5.66. The van der Waals surface area contributed by atoms with Crippen LogP contribution < -0.4 is 5.73 Å². The third-order valence-corrected chi connectivity index (χ3v) is 2.37. The lowest BCUT2D eigenvalue weighted by atomic mass is 10.1. The van der Waals surface area contributed by atoms with Gasteiger partial charge >= 0.3 is 0 Å². The first-order valence-electron chi connectivity index (χ1n) is 3.78. The highest BCUT2D eigenvalue weighted by atomic mass is 32.1. The molecule has 0 aromatic rings. The number of allylic oxidation sites excluding steroid dienone is 2. The number of hydrogen-bond donors (Lipinski definition) is 2. The third kappa shape index (κ3) is 1.64. The van der Waals surface area contributed by atoms with Gasteiger partial charge in [0, 0.05) is 18.3 Å². The second kappa shape index (κ2) is 3.67. The highest BCUT2D eigenvalue weighted by Crippen LogP contribution is 2.18. The van der Waals surface area contributed by atoms with Crippen molar-refractivity contribution in [3.8, 4) is 0 Å². The predicted octanol–water partition coefficient (Wildman–Crippen LogP) is 0.503. The standard InChI is InChI=1S/C8H12N2OS/c1-2-10-5-3-4-6(7(9)11)8(10)12/h3-5,8,12H,2H2,1H3,(H2,9,11). The Morgan fingerprint density at radius 1 is 1.83 bits per heavy atom. The van der Waals surface area contributed by atoms with Gasteiger partial charge in [0.25, 0.3) is 0 Å². The average Bonchev–Trinajstić information content (AvgIpc) is 2.04. The van der Waals surface area contributed by atoms with Crippen LogP contribution in [0, 0.1) is 0 Å². The minimum absolute atomic E-state index is 0.197. The largest absolute Gasteiger partial charge is 0.366 e. The van der Waals surface area contributed by atoms with Crippen molar-refractivity contribution >= 4 is 18.5 Å². The minimum atomic E-state index is -0.405. The average molecular weight is 184 g/mol. The van der Waals surface area contributed by atoms with E-state index in [1.54, 1.807) is 12.2 Å². The fourth-order valence-electron chi connectivity index (χ4n) is 1.09. The number of nitrogens with zero attached hydrogens (tertiary/aromatic N) is 1. The van der Waals surface area contributed by atoms with Gasteiger partial charge in [-0.05, 0) is 19.1 Å². The number of carbonyl (C=O) groups is 1. The van der Waals surface area contributed by atoms with Gasteiger partial charge in [-0.25, -0.2) is 0 Å². The Morgan fingerprint density at radius 2 is 2.50 bits per heavy atom. The van der Waals surface area contributed by atoms with Crippen LogP contribution in [-0.4, -0.2) is 22.7 Å². The molecule has 1 atom stereocenters. The molecule has 0 saturated heterocycles. The monoisotopic (exact) mass is 184 g/mol. The number of primary amides is 1. The Morgan fingerprint density at radius 3 is 3.00 bits per heavy atom. The van der Waals surface area contributed by atoms with Crippen molar-refractivity contribution in [2.24, 2.45) is 5.73 Å². The van der Waals surface area contributed by atoms with Crippen LogP contribution in [0.5, 0.6) is 0 Å². The van der Waals surface area contributed by atoms with Crippen molar-refractivity contribution in [1.29, 1.82) is 0 Å². The molecule has 1 aliphatic heterocycles. The van der Waals surface area contributed by atoms with Crippen LogP contribution in [0.15, 0.2) is 23.9 Å². The van der Waals surface area contributed by atoms with Gasteiger partial charge < -0.3 is 10.6 Å². The molecule has 12 heavy (non-hydrogen) atoms. The third-order valence-electron chi connectivity index (χ3n) is 1.80. The molecule has 3 nitrogen and oxygen atoms in total. The van der Waals surface area contributed by atoms with Crippen LogP contribution in [0.25, 0.3) is 0 Å². The fourth-order valence-corrected chi connectivity index (χ4v) is 1.54. The SMILES string of the molecule is CCN1C=CC=C(C(N)=O)C1S. The number of amides is 1. The van der Waals surface area contributed by atoms with Crippen LogP contribution in [0.3, 0.4) is 0 Å². The Kier molecular flexibility index (Phi) is 2.81. The van der Waals surface area contributed by atoms with Gasteiger partial charge in [0.2, 0.25) is 5.91 Å². The van der Waals surface area contributed by atoms with Gasteiger partial charge in [-0.2, -0.15) is 0 Å². The smallest absolute Gasteiger partial charge is 0.247 e. The van der Waals surface area contributed by atoms with Gasteiger partial charge in [0.15, 0.2) is 0 Å². The Bertz CT molecular complexity index is 247. The molecule has 0 aliphatic carbocycles. The summed E-state index contributed by atoms with van der Waals surface area (Å²) in [6.45, 7) is 2.81. The Balaban J connectivity index is 2.83. The lowest BCUT2D eigenvalue weighted by Crippen LogP contribution is -2.34. The summed E-state index contributed by atoms with van der Waals surface area (Å²) in [7, 11) is 0. The van der Waals surface area contributed by atoms with Crippen LogP contribution in [0.1, 0.15) is 6.92 Å². The highest BCUT2D eigenvalue weighted by molar-refractivity contribution is 7.81. The number of rotatable bonds is 2. The topological polar surface area (TPSA) is 46.3 Å². The van der Waals surface area contributed by atoms with Crippen molar-refractivity contribution in [2.45, 2.75) is 12.3 Å². The molecule has 1 heterocycles. The lowest BCUT2D eigenvalue weighted by Gasteiger charge is -2.28. The summed E-state index contributed by atoms with van der Waals surface area (Å²) >= 11 is 4.28. The summed E-state index contributed by atoms with van der Waals surface area (Å²) < 4.78 is 0. The van der Waals surface area contributed by atoms with Crippen molar-refractivity contribution in [1.82, 2.24) is 4.90 Å². The maximum atomic E-state index is 10.9. The van der Waals surface area contributed by atoms with Gasteiger partial charge in [0.1, 0.15) is 5.37 Å². The van der Waals surface area contributed by atoms with E-state index in [0.717, 1.165) is 6.54 Å². The first-order valence-corrected chi connectivity index (χ1v) is 4.30. The second-order valence-electron chi connectivity index (χ2n) is 2.53. The molecule has 0 bridgehead atoms. The van der Waals surface area contributed by atoms with Gasteiger partial charge in [0.05, 0.1) is 0 Å². The fraction of sp³-hybridized carbons (Fsp3) is 0.375. The molecular formula is C8H12N2OS. The van der Waals surface area contributed by atoms with Gasteiger partial charge in [-0.15, -0.1) is 12.6 Å². The molecule has 1 amide bonds. The van der Waals surface area contributed by atoms with E-state index in [1.807, 2.05) is 18.0 Å². The highest BCUT2D eigenvalue weighted by Gasteiger charge is 2.20. The number of hydrogen-bond acceptors (Lipinski definition) is 3. The summed E-state index contributed by atoms with van der Waals surface area (Å²) in [4.78, 5) is 12.8. The number of nitrogens with two attached hydrogens (primary N) is 1. The number of likely N-dealkylation sites (N-methyl/N-ethyl adjacent to an activating group) is 1. The quantitative estimate of drug-likeness (QED) is 0.614. The molecular weight excluding hydrogens is 172 g/mol. The van der Waals surface area contributed by atoms with E-state index in [1.165, 1.54) is 0 Å². The summed E-state index contributed by atoms with van der Waals surface area (Å²) in [5.74, 6) is -0.405. The predicted molar refractivity (Wildman–Crippen MR) is 51.6 cm³/mol. The molecule has 1 rings (SSSR count). The summed E-state index contributed by atoms with van der Waals surface area (Å²) in [5, 5.41) is -0.197. The molecule has 0 aromatic heterocycles. The molecule has 2 N–H and O–H groups in total. The van der Waals surface area contributed by atoms with E-state index in [-0.39, 0.29) is 5.37 Å². The van der Waals surface area contributed by atoms with Crippen molar-refractivity contribution < 1.29 is 4.79 Å². The van der Waals surface area contributed by atoms with E-state index >= 15 is 0 Å². The zero-order valence-corrected chi connectivity index (χ0v) is 7.79. The molecule has 0 saturated carbocycles. The number of carbonyl (C=O) groups excluding carboxylic acids is 1. The second-order valence-corrected chi connectivity index (χ2v) is 3.02. The van der Waals surface area contributed by atoms with Crippen LogP contribution >= 0.6 is 12.6 Å². The molecule has 0 radical (unpaired) electrons. The zero-order chi connectivity index (χ0) is 9.14. The van der Waals surface area contributed by atoms with E-state index in [4.69, 9.17) is 5.73 Å². The van der Waals surface area contributed by atoms with Crippen molar-refractivity contribution in [2.75, 3.05) is 6.54 Å². The molecule has 0 aromatic carbocycles. The van der Waals surface area contributed by atoms with Crippen LogP contribution in [-0.2, 0) is 4.79 Å². The van der Waals surface area contributed by atoms with E-state index in [2.05, 4.69) is 12.6 Å². The van der Waals surface area contributed by atoms with Gasteiger partial charge in [-0.3, -0.25) is 4.79 Å². The summed E-state index contributed by atoms with van der Waals surface area (Å²) in [5.41, 5.74) is 5.70.